The number of thiazole rings is 1. The summed E-state index contributed by atoms with van der Waals surface area (Å²) in [5.74, 6) is -1.68. The Hall–Kier alpha value is -2.29. The Bertz CT molecular complexity index is 928. The molecule has 0 aliphatic rings. The number of ether oxygens (including phenoxy) is 1. The van der Waals surface area contributed by atoms with Crippen LogP contribution in [0.2, 0.25) is 5.02 Å². The van der Waals surface area contributed by atoms with Gasteiger partial charge in [-0.2, -0.15) is 0 Å². The van der Waals surface area contributed by atoms with E-state index < -0.39 is 24.3 Å². The van der Waals surface area contributed by atoms with Gasteiger partial charge in [0.1, 0.15) is 10.8 Å². The highest BCUT2D eigenvalue weighted by Gasteiger charge is 2.13. The number of hydrogen-bond donors (Lipinski definition) is 1. The summed E-state index contributed by atoms with van der Waals surface area (Å²) in [5, 5.41) is 6.95. The van der Waals surface area contributed by atoms with Gasteiger partial charge in [-0.25, -0.2) is 9.37 Å². The molecule has 0 bridgehead atoms. The Kier molecular flexibility index (Phi) is 5.97. The predicted molar refractivity (Wildman–Crippen MR) is 100 cm³/mol. The first kappa shape index (κ1) is 18.5. The molecule has 5 nitrogen and oxygen atoms in total. The molecule has 3 rings (SSSR count). The first-order chi connectivity index (χ1) is 12.5. The summed E-state index contributed by atoms with van der Waals surface area (Å²) in [6, 6.07) is 7.66. The van der Waals surface area contributed by atoms with Crippen LogP contribution in [-0.2, 0) is 20.7 Å². The van der Waals surface area contributed by atoms with Crippen molar-refractivity contribution in [3.8, 4) is 9.88 Å². The first-order valence-electron chi connectivity index (χ1n) is 7.40. The average molecular weight is 411 g/mol. The summed E-state index contributed by atoms with van der Waals surface area (Å²) >= 11 is 8.66. The number of esters is 1. The summed E-state index contributed by atoms with van der Waals surface area (Å²) in [6.07, 6.45) is -0.0163. The number of anilines is 1. The Balaban J connectivity index is 1.47. The molecule has 134 valence electrons. The molecule has 0 saturated heterocycles. The second kappa shape index (κ2) is 8.39. The van der Waals surface area contributed by atoms with Crippen LogP contribution < -0.4 is 5.32 Å². The van der Waals surface area contributed by atoms with Gasteiger partial charge in [-0.15, -0.1) is 22.7 Å². The minimum Gasteiger partial charge on any atom is -0.455 e. The van der Waals surface area contributed by atoms with Crippen LogP contribution in [0.1, 0.15) is 5.69 Å². The highest BCUT2D eigenvalue weighted by molar-refractivity contribution is 7.20. The topological polar surface area (TPSA) is 68.3 Å². The lowest BCUT2D eigenvalue weighted by molar-refractivity contribution is -0.146. The van der Waals surface area contributed by atoms with Crippen LogP contribution in [0.15, 0.2) is 41.1 Å². The lowest BCUT2D eigenvalue weighted by Gasteiger charge is -2.06. The van der Waals surface area contributed by atoms with Crippen LogP contribution in [0.4, 0.5) is 10.1 Å². The van der Waals surface area contributed by atoms with Crippen molar-refractivity contribution in [2.45, 2.75) is 6.42 Å². The van der Waals surface area contributed by atoms with Gasteiger partial charge in [0, 0.05) is 11.1 Å². The third-order valence-electron chi connectivity index (χ3n) is 3.18. The van der Waals surface area contributed by atoms with Gasteiger partial charge in [0.15, 0.2) is 6.61 Å². The van der Waals surface area contributed by atoms with E-state index in [0.29, 0.717) is 11.4 Å². The number of benzene rings is 1. The van der Waals surface area contributed by atoms with Gasteiger partial charge in [-0.1, -0.05) is 17.7 Å². The van der Waals surface area contributed by atoms with Gasteiger partial charge in [0.2, 0.25) is 0 Å². The summed E-state index contributed by atoms with van der Waals surface area (Å²) in [7, 11) is 0. The van der Waals surface area contributed by atoms with Crippen molar-refractivity contribution >= 4 is 51.8 Å². The molecule has 0 saturated carbocycles. The van der Waals surface area contributed by atoms with Gasteiger partial charge in [0.05, 0.1) is 22.0 Å². The highest BCUT2D eigenvalue weighted by Crippen LogP contribution is 2.28. The second-order valence-electron chi connectivity index (χ2n) is 5.14. The fourth-order valence-electron chi connectivity index (χ4n) is 2.02. The van der Waals surface area contributed by atoms with Crippen molar-refractivity contribution in [3.05, 3.63) is 57.6 Å². The largest absolute Gasteiger partial charge is 0.455 e. The van der Waals surface area contributed by atoms with Crippen LogP contribution in [0, 0.1) is 5.82 Å². The molecule has 26 heavy (non-hydrogen) atoms. The predicted octanol–water partition coefficient (Wildman–Crippen LogP) is 4.39. The minimum atomic E-state index is -0.582. The van der Waals surface area contributed by atoms with E-state index in [1.165, 1.54) is 23.5 Å². The third-order valence-corrected chi connectivity index (χ3v) is 5.40. The lowest BCUT2D eigenvalue weighted by atomic mass is 10.3. The van der Waals surface area contributed by atoms with Crippen molar-refractivity contribution in [2.75, 3.05) is 11.9 Å². The Morgan fingerprint density at radius 3 is 2.85 bits per heavy atom. The maximum atomic E-state index is 13.1. The number of carbonyl (C=O) groups excluding carboxylic acids is 2. The number of rotatable bonds is 6. The van der Waals surface area contributed by atoms with E-state index >= 15 is 0 Å². The number of aromatic nitrogens is 1. The van der Waals surface area contributed by atoms with Gasteiger partial charge >= 0.3 is 5.97 Å². The normalized spacial score (nSPS) is 10.5. The molecule has 2 heterocycles. The molecule has 0 unspecified atom stereocenters. The minimum absolute atomic E-state index is 0.0163. The van der Waals surface area contributed by atoms with Crippen LogP contribution in [0.5, 0.6) is 0 Å². The number of carbonyl (C=O) groups is 2. The summed E-state index contributed by atoms with van der Waals surface area (Å²) in [5.41, 5.74) is 0.909. The molecule has 2 aromatic heterocycles. The average Bonchev–Trinajstić information content (AvgIpc) is 3.28. The SMILES string of the molecule is O=C(COC(=O)Cc1csc(-c2cccs2)n1)Nc1ccc(F)c(Cl)c1. The smallest absolute Gasteiger partial charge is 0.312 e. The van der Waals surface area contributed by atoms with Crippen molar-refractivity contribution in [1.29, 1.82) is 0 Å². The first-order valence-corrected chi connectivity index (χ1v) is 9.54. The number of nitrogens with one attached hydrogen (secondary N) is 1. The number of hydrogen-bond acceptors (Lipinski definition) is 6. The molecule has 0 aliphatic carbocycles. The number of thiophene rings is 1. The third kappa shape index (κ3) is 4.87. The molecule has 0 aliphatic heterocycles. The summed E-state index contributed by atoms with van der Waals surface area (Å²) < 4.78 is 18.0. The zero-order chi connectivity index (χ0) is 18.5. The molecule has 1 aromatic carbocycles. The van der Waals surface area contributed by atoms with Crippen LogP contribution in [0.3, 0.4) is 0 Å². The zero-order valence-electron chi connectivity index (χ0n) is 13.2. The van der Waals surface area contributed by atoms with Crippen LogP contribution >= 0.6 is 34.3 Å². The molecular weight excluding hydrogens is 399 g/mol. The molecule has 0 radical (unpaired) electrons. The quantitative estimate of drug-likeness (QED) is 0.612. The van der Waals surface area contributed by atoms with Crippen molar-refractivity contribution in [1.82, 2.24) is 4.98 Å². The highest BCUT2D eigenvalue weighted by atomic mass is 35.5. The molecule has 0 atom stereocenters. The van der Waals surface area contributed by atoms with Gasteiger partial charge in [0.25, 0.3) is 5.91 Å². The van der Waals surface area contributed by atoms with E-state index in [4.69, 9.17) is 16.3 Å². The monoisotopic (exact) mass is 410 g/mol. The van der Waals surface area contributed by atoms with E-state index in [9.17, 15) is 14.0 Å². The maximum Gasteiger partial charge on any atom is 0.312 e. The van der Waals surface area contributed by atoms with Crippen molar-refractivity contribution < 1.29 is 18.7 Å². The Labute approximate surface area is 161 Å². The van der Waals surface area contributed by atoms with E-state index in [1.54, 1.807) is 16.7 Å². The number of amides is 1. The molecule has 1 amide bonds. The molecule has 9 heteroatoms. The maximum absolute atomic E-state index is 13.1. The van der Waals surface area contributed by atoms with Crippen molar-refractivity contribution in [3.63, 3.8) is 0 Å². The fourth-order valence-corrected chi connectivity index (χ4v) is 3.83. The van der Waals surface area contributed by atoms with Crippen LogP contribution in [-0.4, -0.2) is 23.5 Å². The van der Waals surface area contributed by atoms with E-state index in [-0.39, 0.29) is 11.4 Å². The summed E-state index contributed by atoms with van der Waals surface area (Å²) in [4.78, 5) is 29.1. The standard InChI is InChI=1S/C17H12ClFN2O3S2/c18-12-6-10(3-4-13(12)19)20-15(22)8-24-16(23)7-11-9-26-17(21-11)14-2-1-5-25-14/h1-6,9H,7-8H2,(H,20,22). The van der Waals surface area contributed by atoms with E-state index in [2.05, 4.69) is 10.3 Å². The molecule has 3 aromatic rings. The van der Waals surface area contributed by atoms with Crippen molar-refractivity contribution in [2.24, 2.45) is 0 Å². The van der Waals surface area contributed by atoms with Gasteiger partial charge in [-0.3, -0.25) is 9.59 Å². The second-order valence-corrected chi connectivity index (χ2v) is 7.35. The van der Waals surface area contributed by atoms with E-state index in [0.717, 1.165) is 16.0 Å². The number of halogens is 2. The zero-order valence-corrected chi connectivity index (χ0v) is 15.6. The molecule has 0 fully saturated rings. The molecule has 0 spiro atoms. The molecular formula is C17H12ClFN2O3S2. The van der Waals surface area contributed by atoms with Gasteiger partial charge in [-0.05, 0) is 29.6 Å². The fraction of sp³-hybridized carbons (Fsp3) is 0.118. The van der Waals surface area contributed by atoms with Crippen LogP contribution in [0.25, 0.3) is 9.88 Å². The van der Waals surface area contributed by atoms with Gasteiger partial charge < -0.3 is 10.1 Å². The molecule has 1 N–H and O–H groups in total. The Morgan fingerprint density at radius 2 is 2.12 bits per heavy atom. The lowest BCUT2D eigenvalue weighted by Crippen LogP contribution is -2.21. The van der Waals surface area contributed by atoms with E-state index in [1.807, 2.05) is 17.5 Å². The number of nitrogens with zero attached hydrogens (tertiary/aromatic N) is 1. The summed E-state index contributed by atoms with van der Waals surface area (Å²) in [6.45, 7) is -0.449. The Morgan fingerprint density at radius 1 is 1.27 bits per heavy atom.